The number of amides is 1. The Hall–Kier alpha value is -1.02. The van der Waals surface area contributed by atoms with Gasteiger partial charge in [0.25, 0.3) is 0 Å². The van der Waals surface area contributed by atoms with E-state index in [0.29, 0.717) is 6.42 Å². The molecule has 0 atom stereocenters. The zero-order chi connectivity index (χ0) is 9.90. The Morgan fingerprint density at radius 2 is 1.79 bits per heavy atom. The summed E-state index contributed by atoms with van der Waals surface area (Å²) in [4.78, 5) is 10.8. The zero-order valence-electron chi connectivity index (χ0n) is 8.49. The summed E-state index contributed by atoms with van der Waals surface area (Å²) in [5, 5.41) is 0. The Labute approximate surface area is 90.9 Å². The molecule has 2 nitrogen and oxygen atoms in total. The van der Waals surface area contributed by atoms with Gasteiger partial charge in [0.2, 0.25) is 5.91 Å². The predicted octanol–water partition coefficient (Wildman–Crippen LogP) is 2.26. The second-order valence-electron chi connectivity index (χ2n) is 3.89. The topological polar surface area (TPSA) is 43.1 Å². The summed E-state index contributed by atoms with van der Waals surface area (Å²) in [7, 11) is 0. The maximum atomic E-state index is 10.8. The number of hydrogen-bond acceptors (Lipinski definition) is 1. The zero-order valence-corrected chi connectivity index (χ0v) is 9.30. The lowest BCUT2D eigenvalue weighted by Gasteiger charge is -2.23. The SMILES string of the molecule is CC(C)(CC(N)=O)c1ccccc1.Cl. The highest BCUT2D eigenvalue weighted by Gasteiger charge is 2.22. The first-order valence-electron chi connectivity index (χ1n) is 4.36. The van der Waals surface area contributed by atoms with Gasteiger partial charge in [-0.1, -0.05) is 44.2 Å². The van der Waals surface area contributed by atoms with Gasteiger partial charge in [-0.05, 0) is 11.0 Å². The lowest BCUT2D eigenvalue weighted by atomic mass is 9.81. The molecule has 3 heteroatoms. The summed E-state index contributed by atoms with van der Waals surface area (Å²) in [5.41, 5.74) is 6.16. The molecule has 0 radical (unpaired) electrons. The maximum Gasteiger partial charge on any atom is 0.218 e. The van der Waals surface area contributed by atoms with Gasteiger partial charge in [-0.2, -0.15) is 0 Å². The molecule has 14 heavy (non-hydrogen) atoms. The number of primary amides is 1. The predicted molar refractivity (Wildman–Crippen MR) is 60.5 cm³/mol. The molecule has 2 N–H and O–H groups in total. The van der Waals surface area contributed by atoms with Crippen LogP contribution in [0.25, 0.3) is 0 Å². The van der Waals surface area contributed by atoms with Crippen molar-refractivity contribution in [1.29, 1.82) is 0 Å². The molecule has 1 aromatic rings. The van der Waals surface area contributed by atoms with Crippen molar-refractivity contribution in [1.82, 2.24) is 0 Å². The summed E-state index contributed by atoms with van der Waals surface area (Å²) >= 11 is 0. The Morgan fingerprint density at radius 3 is 2.21 bits per heavy atom. The number of halogens is 1. The number of benzene rings is 1. The van der Waals surface area contributed by atoms with Crippen LogP contribution in [0.4, 0.5) is 0 Å². The molecule has 0 aliphatic rings. The maximum absolute atomic E-state index is 10.8. The smallest absolute Gasteiger partial charge is 0.218 e. The average molecular weight is 214 g/mol. The fraction of sp³-hybridized carbons (Fsp3) is 0.364. The van der Waals surface area contributed by atoms with Crippen LogP contribution in [0.1, 0.15) is 25.8 Å². The van der Waals surface area contributed by atoms with E-state index in [1.54, 1.807) is 0 Å². The van der Waals surface area contributed by atoms with Crippen LogP contribution in [-0.2, 0) is 10.2 Å². The molecular formula is C11H16ClNO. The van der Waals surface area contributed by atoms with E-state index in [9.17, 15) is 4.79 Å². The first-order valence-corrected chi connectivity index (χ1v) is 4.36. The van der Waals surface area contributed by atoms with E-state index in [0.717, 1.165) is 5.56 Å². The first kappa shape index (κ1) is 13.0. The normalized spacial score (nSPS) is 10.4. The summed E-state index contributed by atoms with van der Waals surface area (Å²) in [6.07, 6.45) is 0.386. The van der Waals surface area contributed by atoms with E-state index < -0.39 is 0 Å². The van der Waals surface area contributed by atoms with Crippen LogP contribution < -0.4 is 5.73 Å². The standard InChI is InChI=1S/C11H15NO.ClH/c1-11(2,8-10(12)13)9-6-4-3-5-7-9;/h3-7H,8H2,1-2H3,(H2,12,13);1H. The van der Waals surface area contributed by atoms with Crippen LogP contribution in [0.5, 0.6) is 0 Å². The van der Waals surface area contributed by atoms with Gasteiger partial charge in [0.05, 0.1) is 0 Å². The molecule has 0 aliphatic carbocycles. The Kier molecular flexibility index (Phi) is 4.64. The molecule has 0 bridgehead atoms. The largest absolute Gasteiger partial charge is 0.370 e. The van der Waals surface area contributed by atoms with Crippen LogP contribution in [-0.4, -0.2) is 5.91 Å². The minimum atomic E-state index is -0.256. The molecule has 78 valence electrons. The molecule has 1 amide bonds. The Balaban J connectivity index is 0.00000169. The summed E-state index contributed by atoms with van der Waals surface area (Å²) in [6, 6.07) is 9.94. The average Bonchev–Trinajstić information content (AvgIpc) is 2.04. The highest BCUT2D eigenvalue weighted by Crippen LogP contribution is 2.25. The summed E-state index contributed by atoms with van der Waals surface area (Å²) in [6.45, 7) is 4.04. The first-order chi connectivity index (χ1) is 6.02. The van der Waals surface area contributed by atoms with Crippen molar-refractivity contribution >= 4 is 18.3 Å². The van der Waals surface area contributed by atoms with Crippen LogP contribution in [0.3, 0.4) is 0 Å². The van der Waals surface area contributed by atoms with Crippen molar-refractivity contribution in [3.05, 3.63) is 35.9 Å². The summed E-state index contributed by atoms with van der Waals surface area (Å²) < 4.78 is 0. The van der Waals surface area contributed by atoms with Gasteiger partial charge in [0, 0.05) is 6.42 Å². The van der Waals surface area contributed by atoms with Crippen LogP contribution in [0.15, 0.2) is 30.3 Å². The molecule has 1 rings (SSSR count). The van der Waals surface area contributed by atoms with E-state index in [1.165, 1.54) is 0 Å². The quantitative estimate of drug-likeness (QED) is 0.823. The van der Waals surface area contributed by atoms with E-state index in [2.05, 4.69) is 0 Å². The minimum absolute atomic E-state index is 0. The van der Waals surface area contributed by atoms with Crippen molar-refractivity contribution < 1.29 is 4.79 Å². The van der Waals surface area contributed by atoms with E-state index in [1.807, 2.05) is 44.2 Å². The van der Waals surface area contributed by atoms with Gasteiger partial charge < -0.3 is 5.73 Å². The van der Waals surface area contributed by atoms with Gasteiger partial charge >= 0.3 is 0 Å². The lowest BCUT2D eigenvalue weighted by Crippen LogP contribution is -2.25. The molecule has 0 unspecified atom stereocenters. The van der Waals surface area contributed by atoms with Crippen molar-refractivity contribution in [3.63, 3.8) is 0 Å². The Morgan fingerprint density at radius 1 is 1.29 bits per heavy atom. The third-order valence-electron chi connectivity index (χ3n) is 2.17. The van der Waals surface area contributed by atoms with Gasteiger partial charge in [0.15, 0.2) is 0 Å². The fourth-order valence-electron chi connectivity index (χ4n) is 1.43. The highest BCUT2D eigenvalue weighted by atomic mass is 35.5. The lowest BCUT2D eigenvalue weighted by molar-refractivity contribution is -0.119. The molecule has 0 fully saturated rings. The van der Waals surface area contributed by atoms with Crippen LogP contribution >= 0.6 is 12.4 Å². The number of carbonyl (C=O) groups excluding carboxylic acids is 1. The number of carbonyl (C=O) groups is 1. The second kappa shape index (κ2) is 5.01. The van der Waals surface area contributed by atoms with E-state index in [4.69, 9.17) is 5.73 Å². The van der Waals surface area contributed by atoms with Crippen molar-refractivity contribution in [3.8, 4) is 0 Å². The summed E-state index contributed by atoms with van der Waals surface area (Å²) in [5.74, 6) is -0.256. The van der Waals surface area contributed by atoms with Gasteiger partial charge in [-0.3, -0.25) is 4.79 Å². The molecular weight excluding hydrogens is 198 g/mol. The minimum Gasteiger partial charge on any atom is -0.370 e. The number of hydrogen-bond donors (Lipinski definition) is 1. The third kappa shape index (κ3) is 3.38. The van der Waals surface area contributed by atoms with Crippen molar-refractivity contribution in [2.75, 3.05) is 0 Å². The number of rotatable bonds is 3. The highest BCUT2D eigenvalue weighted by molar-refractivity contribution is 5.85. The molecule has 0 heterocycles. The van der Waals surface area contributed by atoms with E-state index in [-0.39, 0.29) is 23.7 Å². The fourth-order valence-corrected chi connectivity index (χ4v) is 1.43. The van der Waals surface area contributed by atoms with Crippen molar-refractivity contribution in [2.24, 2.45) is 5.73 Å². The molecule has 0 saturated heterocycles. The second-order valence-corrected chi connectivity index (χ2v) is 3.89. The van der Waals surface area contributed by atoms with Crippen LogP contribution in [0.2, 0.25) is 0 Å². The van der Waals surface area contributed by atoms with E-state index >= 15 is 0 Å². The molecule has 0 aliphatic heterocycles. The third-order valence-corrected chi connectivity index (χ3v) is 2.17. The monoisotopic (exact) mass is 213 g/mol. The van der Waals surface area contributed by atoms with Crippen LogP contribution in [0, 0.1) is 0 Å². The molecule has 0 spiro atoms. The van der Waals surface area contributed by atoms with Crippen molar-refractivity contribution in [2.45, 2.75) is 25.7 Å². The van der Waals surface area contributed by atoms with Gasteiger partial charge in [-0.15, -0.1) is 12.4 Å². The van der Waals surface area contributed by atoms with Gasteiger partial charge in [0.1, 0.15) is 0 Å². The molecule has 1 aromatic carbocycles. The Bertz CT molecular complexity index is 295. The molecule has 0 aromatic heterocycles. The van der Waals surface area contributed by atoms with Gasteiger partial charge in [-0.25, -0.2) is 0 Å². The molecule has 0 saturated carbocycles. The number of nitrogens with two attached hydrogens (primary N) is 1.